The molecule has 0 radical (unpaired) electrons. The normalized spacial score (nSPS) is 11.8. The smallest absolute Gasteiger partial charge is 0.239 e. The topological polar surface area (TPSA) is 87.9 Å². The van der Waals surface area contributed by atoms with Crippen molar-refractivity contribution in [2.24, 2.45) is 0 Å². The summed E-state index contributed by atoms with van der Waals surface area (Å²) in [5.74, 6) is 0.572. The van der Waals surface area contributed by atoms with Crippen LogP contribution in [0.25, 0.3) is 10.2 Å². The number of anilines is 1. The summed E-state index contributed by atoms with van der Waals surface area (Å²) in [6.45, 7) is 3.88. The van der Waals surface area contributed by atoms with Crippen molar-refractivity contribution in [2.75, 3.05) is 12.4 Å². The van der Waals surface area contributed by atoms with Crippen LogP contribution < -0.4 is 10.1 Å². The summed E-state index contributed by atoms with van der Waals surface area (Å²) >= 11 is 2.68. The van der Waals surface area contributed by atoms with E-state index in [1.54, 1.807) is 20.1 Å². The number of aryl methyl sites for hydroxylation is 1. The molecule has 3 aromatic rings. The second kappa shape index (κ2) is 9.04. The van der Waals surface area contributed by atoms with Gasteiger partial charge in [0.2, 0.25) is 5.91 Å². The standard InChI is InChI=1S/C20H20N4O2S2/c1-4-5-14-7-6-13(11-21)19(22-14)27-12(2)18(25)24-20-23-16-9-8-15(26-3)10-17(16)28-20/h6-10,12H,4-5H2,1-3H3,(H,23,24,25). The Labute approximate surface area is 172 Å². The maximum Gasteiger partial charge on any atom is 0.239 e. The summed E-state index contributed by atoms with van der Waals surface area (Å²) in [5.41, 5.74) is 2.22. The van der Waals surface area contributed by atoms with E-state index in [-0.39, 0.29) is 5.91 Å². The molecule has 8 heteroatoms. The Bertz CT molecular complexity index is 1040. The van der Waals surface area contributed by atoms with Gasteiger partial charge in [-0.1, -0.05) is 36.4 Å². The van der Waals surface area contributed by atoms with E-state index in [0.29, 0.717) is 15.7 Å². The second-order valence-corrected chi connectivity index (χ2v) is 8.48. The van der Waals surface area contributed by atoms with Gasteiger partial charge in [0, 0.05) is 5.69 Å². The molecule has 144 valence electrons. The van der Waals surface area contributed by atoms with Gasteiger partial charge in [-0.3, -0.25) is 4.79 Å². The molecule has 3 rings (SSSR count). The molecule has 0 bridgehead atoms. The van der Waals surface area contributed by atoms with Gasteiger partial charge in [-0.25, -0.2) is 9.97 Å². The van der Waals surface area contributed by atoms with Crippen molar-refractivity contribution in [3.8, 4) is 11.8 Å². The van der Waals surface area contributed by atoms with Crippen LogP contribution in [0.5, 0.6) is 5.75 Å². The van der Waals surface area contributed by atoms with E-state index in [1.165, 1.54) is 23.1 Å². The van der Waals surface area contributed by atoms with E-state index in [2.05, 4.69) is 28.3 Å². The quantitative estimate of drug-likeness (QED) is 0.569. The van der Waals surface area contributed by atoms with E-state index < -0.39 is 5.25 Å². The first kappa shape index (κ1) is 20.1. The lowest BCUT2D eigenvalue weighted by atomic mass is 10.2. The summed E-state index contributed by atoms with van der Waals surface area (Å²) in [5, 5.41) is 12.9. The molecule has 1 N–H and O–H groups in total. The molecule has 0 saturated heterocycles. The minimum Gasteiger partial charge on any atom is -0.497 e. The van der Waals surface area contributed by atoms with Crippen LogP contribution in [0.3, 0.4) is 0 Å². The van der Waals surface area contributed by atoms with Crippen molar-refractivity contribution >= 4 is 44.4 Å². The molecule has 28 heavy (non-hydrogen) atoms. The van der Waals surface area contributed by atoms with Crippen molar-refractivity contribution in [2.45, 2.75) is 37.0 Å². The molecule has 0 fully saturated rings. The van der Waals surface area contributed by atoms with Gasteiger partial charge in [0.15, 0.2) is 5.13 Å². The maximum absolute atomic E-state index is 12.6. The number of fused-ring (bicyclic) bond motifs is 1. The number of ether oxygens (including phenoxy) is 1. The first-order valence-corrected chi connectivity index (χ1v) is 10.6. The molecule has 0 aliphatic rings. The highest BCUT2D eigenvalue weighted by atomic mass is 32.2. The third-order valence-corrected chi connectivity index (χ3v) is 6.06. The number of benzene rings is 1. The molecule has 1 amide bonds. The highest BCUT2D eigenvalue weighted by Gasteiger charge is 2.19. The Kier molecular flexibility index (Phi) is 6.49. The average molecular weight is 413 g/mol. The zero-order valence-corrected chi connectivity index (χ0v) is 17.5. The number of nitriles is 1. The third-order valence-electron chi connectivity index (χ3n) is 4.03. The molecule has 6 nitrogen and oxygen atoms in total. The monoisotopic (exact) mass is 412 g/mol. The highest BCUT2D eigenvalue weighted by molar-refractivity contribution is 8.00. The lowest BCUT2D eigenvalue weighted by molar-refractivity contribution is -0.115. The van der Waals surface area contributed by atoms with Crippen LogP contribution in [0.15, 0.2) is 35.4 Å². The van der Waals surface area contributed by atoms with Crippen molar-refractivity contribution in [1.82, 2.24) is 9.97 Å². The number of nitrogens with one attached hydrogen (secondary N) is 1. The Balaban J connectivity index is 1.73. The lowest BCUT2D eigenvalue weighted by Gasteiger charge is -2.11. The molecule has 0 aliphatic heterocycles. The largest absolute Gasteiger partial charge is 0.497 e. The first-order chi connectivity index (χ1) is 13.5. The van der Waals surface area contributed by atoms with Gasteiger partial charge < -0.3 is 10.1 Å². The zero-order valence-electron chi connectivity index (χ0n) is 15.9. The van der Waals surface area contributed by atoms with Crippen molar-refractivity contribution in [3.63, 3.8) is 0 Å². The average Bonchev–Trinajstić information content (AvgIpc) is 3.09. The number of pyridine rings is 1. The molecule has 2 aromatic heterocycles. The molecular weight excluding hydrogens is 392 g/mol. The molecule has 0 aliphatic carbocycles. The van der Waals surface area contributed by atoms with E-state index in [9.17, 15) is 10.1 Å². The Morgan fingerprint density at radius 2 is 2.18 bits per heavy atom. The van der Waals surface area contributed by atoms with Gasteiger partial charge in [0.25, 0.3) is 0 Å². The third kappa shape index (κ3) is 4.61. The fourth-order valence-electron chi connectivity index (χ4n) is 2.56. The van der Waals surface area contributed by atoms with Crippen molar-refractivity contribution in [1.29, 1.82) is 5.26 Å². The van der Waals surface area contributed by atoms with Crippen LogP contribution in [-0.4, -0.2) is 28.2 Å². The number of thiazole rings is 1. The summed E-state index contributed by atoms with van der Waals surface area (Å²) in [6, 6.07) is 11.4. The Morgan fingerprint density at radius 3 is 2.89 bits per heavy atom. The molecule has 1 unspecified atom stereocenters. The number of nitrogens with zero attached hydrogens (tertiary/aromatic N) is 3. The number of hydrogen-bond acceptors (Lipinski definition) is 7. The van der Waals surface area contributed by atoms with Crippen LogP contribution in [0.1, 0.15) is 31.5 Å². The van der Waals surface area contributed by atoms with Crippen LogP contribution in [0, 0.1) is 11.3 Å². The second-order valence-electron chi connectivity index (χ2n) is 6.12. The lowest BCUT2D eigenvalue weighted by Crippen LogP contribution is -2.22. The molecule has 0 saturated carbocycles. The van der Waals surface area contributed by atoms with Gasteiger partial charge in [-0.15, -0.1) is 0 Å². The molecule has 2 heterocycles. The van der Waals surface area contributed by atoms with Gasteiger partial charge in [0.1, 0.15) is 16.8 Å². The molecule has 1 atom stereocenters. The van der Waals surface area contributed by atoms with E-state index in [0.717, 1.165) is 34.5 Å². The fraction of sp³-hybridized carbons (Fsp3) is 0.300. The van der Waals surface area contributed by atoms with E-state index >= 15 is 0 Å². The van der Waals surface area contributed by atoms with Gasteiger partial charge in [-0.2, -0.15) is 5.26 Å². The Hall–Kier alpha value is -2.63. The molecular formula is C20H20N4O2S2. The number of methoxy groups -OCH3 is 1. The van der Waals surface area contributed by atoms with Gasteiger partial charge in [0.05, 0.1) is 28.1 Å². The van der Waals surface area contributed by atoms with E-state index in [4.69, 9.17) is 4.74 Å². The van der Waals surface area contributed by atoms with E-state index in [1.807, 2.05) is 24.3 Å². The van der Waals surface area contributed by atoms with Crippen LogP contribution >= 0.6 is 23.1 Å². The number of thioether (sulfide) groups is 1. The predicted octanol–water partition coefficient (Wildman–Crippen LogP) is 4.64. The SMILES string of the molecule is CCCc1ccc(C#N)c(SC(C)C(=O)Nc2nc3ccc(OC)cc3s2)n1. The van der Waals surface area contributed by atoms with Crippen LogP contribution in [-0.2, 0) is 11.2 Å². The number of hydrogen-bond donors (Lipinski definition) is 1. The van der Waals surface area contributed by atoms with Gasteiger partial charge in [-0.05, 0) is 43.7 Å². The zero-order chi connectivity index (χ0) is 20.1. The van der Waals surface area contributed by atoms with Crippen molar-refractivity contribution in [3.05, 3.63) is 41.6 Å². The fourth-order valence-corrected chi connectivity index (χ4v) is 4.37. The molecule has 1 aromatic carbocycles. The number of aromatic nitrogens is 2. The summed E-state index contributed by atoms with van der Waals surface area (Å²) in [4.78, 5) is 21.6. The predicted molar refractivity (Wildman–Crippen MR) is 113 cm³/mol. The number of rotatable bonds is 7. The molecule has 0 spiro atoms. The van der Waals surface area contributed by atoms with Gasteiger partial charge >= 0.3 is 0 Å². The highest BCUT2D eigenvalue weighted by Crippen LogP contribution is 2.31. The first-order valence-electron chi connectivity index (χ1n) is 8.86. The van der Waals surface area contributed by atoms with Crippen LogP contribution in [0.4, 0.5) is 5.13 Å². The summed E-state index contributed by atoms with van der Waals surface area (Å²) in [7, 11) is 1.61. The summed E-state index contributed by atoms with van der Waals surface area (Å²) in [6.07, 6.45) is 1.82. The minimum atomic E-state index is -0.418. The number of carbonyl (C=O) groups excluding carboxylic acids is 1. The number of amides is 1. The summed E-state index contributed by atoms with van der Waals surface area (Å²) < 4.78 is 6.16. The number of carbonyl (C=O) groups is 1. The Morgan fingerprint density at radius 1 is 1.36 bits per heavy atom. The van der Waals surface area contributed by atoms with Crippen LogP contribution in [0.2, 0.25) is 0 Å². The minimum absolute atomic E-state index is 0.178. The van der Waals surface area contributed by atoms with Crippen molar-refractivity contribution < 1.29 is 9.53 Å². The maximum atomic E-state index is 12.6.